The maximum Gasteiger partial charge on any atom is 0.0240 e. The fourth-order valence-electron chi connectivity index (χ4n) is 1.95. The van der Waals surface area contributed by atoms with Gasteiger partial charge in [0.05, 0.1) is 0 Å². The van der Waals surface area contributed by atoms with Gasteiger partial charge in [0.15, 0.2) is 0 Å². The van der Waals surface area contributed by atoms with Crippen molar-refractivity contribution in [3.05, 3.63) is 48.2 Å². The first-order valence-corrected chi connectivity index (χ1v) is 5.99. The van der Waals surface area contributed by atoms with Gasteiger partial charge in [0.1, 0.15) is 0 Å². The lowest BCUT2D eigenvalue weighted by molar-refractivity contribution is 0.325. The average Bonchev–Trinajstić information content (AvgIpc) is 2.26. The second-order valence-electron chi connectivity index (χ2n) is 4.57. The third-order valence-electron chi connectivity index (χ3n) is 3.06. The quantitative estimate of drug-likeness (QED) is 0.674. The van der Waals surface area contributed by atoms with Gasteiger partial charge in [-0.15, -0.1) is 0 Å². The van der Waals surface area contributed by atoms with E-state index < -0.39 is 0 Å². The predicted octanol–water partition coefficient (Wildman–Crippen LogP) is 3.92. The summed E-state index contributed by atoms with van der Waals surface area (Å²) in [5.41, 5.74) is 3.60. The van der Waals surface area contributed by atoms with E-state index in [2.05, 4.69) is 57.1 Å². The van der Waals surface area contributed by atoms with E-state index in [1.165, 1.54) is 5.57 Å². The highest BCUT2D eigenvalue weighted by molar-refractivity contribution is 5.38. The largest absolute Gasteiger partial charge is 0.375 e. The molecule has 1 aliphatic carbocycles. The van der Waals surface area contributed by atoms with E-state index in [-0.39, 0.29) is 0 Å². The SMILES string of the molecule is C=C(C)C1=CCC(CN(CC)C(=C)C)C=C1. The van der Waals surface area contributed by atoms with Crippen LogP contribution in [0.4, 0.5) is 0 Å². The Morgan fingerprint density at radius 2 is 2.12 bits per heavy atom. The topological polar surface area (TPSA) is 3.24 Å². The van der Waals surface area contributed by atoms with Gasteiger partial charge < -0.3 is 4.90 Å². The number of nitrogens with zero attached hydrogens (tertiary/aromatic N) is 1. The smallest absolute Gasteiger partial charge is 0.0240 e. The summed E-state index contributed by atoms with van der Waals surface area (Å²) in [6.07, 6.45) is 7.90. The fourth-order valence-corrected chi connectivity index (χ4v) is 1.95. The summed E-state index contributed by atoms with van der Waals surface area (Å²) < 4.78 is 0. The average molecular weight is 217 g/mol. The number of hydrogen-bond donors (Lipinski definition) is 0. The molecule has 0 heterocycles. The molecule has 0 spiro atoms. The lowest BCUT2D eigenvalue weighted by Gasteiger charge is -2.27. The second-order valence-corrected chi connectivity index (χ2v) is 4.57. The monoisotopic (exact) mass is 217 g/mol. The van der Waals surface area contributed by atoms with Crippen LogP contribution in [0.15, 0.2) is 48.2 Å². The highest BCUT2D eigenvalue weighted by Gasteiger charge is 2.12. The molecule has 0 amide bonds. The van der Waals surface area contributed by atoms with Gasteiger partial charge in [-0.3, -0.25) is 0 Å². The minimum atomic E-state index is 0.611. The van der Waals surface area contributed by atoms with Crippen LogP contribution < -0.4 is 0 Å². The molecule has 0 fully saturated rings. The van der Waals surface area contributed by atoms with Crippen molar-refractivity contribution in [2.75, 3.05) is 13.1 Å². The molecule has 0 saturated heterocycles. The van der Waals surface area contributed by atoms with E-state index in [9.17, 15) is 0 Å². The fraction of sp³-hybridized carbons (Fsp3) is 0.467. The molecule has 0 saturated carbocycles. The van der Waals surface area contributed by atoms with Gasteiger partial charge in [-0.25, -0.2) is 0 Å². The zero-order valence-corrected chi connectivity index (χ0v) is 10.8. The van der Waals surface area contributed by atoms with Gasteiger partial charge in [0, 0.05) is 18.8 Å². The Morgan fingerprint density at radius 3 is 2.50 bits per heavy atom. The third-order valence-corrected chi connectivity index (χ3v) is 3.06. The first-order valence-electron chi connectivity index (χ1n) is 5.99. The van der Waals surface area contributed by atoms with Crippen molar-refractivity contribution in [2.24, 2.45) is 5.92 Å². The van der Waals surface area contributed by atoms with Crippen LogP contribution >= 0.6 is 0 Å². The van der Waals surface area contributed by atoms with Gasteiger partial charge in [-0.1, -0.05) is 37.0 Å². The van der Waals surface area contributed by atoms with Crippen molar-refractivity contribution in [2.45, 2.75) is 27.2 Å². The van der Waals surface area contributed by atoms with Crippen molar-refractivity contribution in [3.8, 4) is 0 Å². The van der Waals surface area contributed by atoms with E-state index in [0.29, 0.717) is 5.92 Å². The molecule has 0 aromatic heterocycles. The van der Waals surface area contributed by atoms with Crippen LogP contribution in [0, 0.1) is 5.92 Å². The molecule has 0 aromatic carbocycles. The number of allylic oxidation sites excluding steroid dienone is 5. The summed E-state index contributed by atoms with van der Waals surface area (Å²) in [7, 11) is 0. The molecule has 1 aliphatic rings. The Labute approximate surface area is 99.8 Å². The summed E-state index contributed by atoms with van der Waals surface area (Å²) in [6.45, 7) is 16.4. The molecule has 16 heavy (non-hydrogen) atoms. The lowest BCUT2D eigenvalue weighted by Crippen LogP contribution is -2.27. The predicted molar refractivity (Wildman–Crippen MR) is 72.2 cm³/mol. The van der Waals surface area contributed by atoms with Crippen LogP contribution in [0.5, 0.6) is 0 Å². The van der Waals surface area contributed by atoms with Crippen molar-refractivity contribution in [3.63, 3.8) is 0 Å². The van der Waals surface area contributed by atoms with Crippen molar-refractivity contribution in [1.29, 1.82) is 0 Å². The summed E-state index contributed by atoms with van der Waals surface area (Å²) in [5, 5.41) is 0. The molecule has 1 nitrogen and oxygen atoms in total. The molecule has 0 N–H and O–H groups in total. The van der Waals surface area contributed by atoms with Crippen molar-refractivity contribution >= 4 is 0 Å². The summed E-state index contributed by atoms with van der Waals surface area (Å²) in [6, 6.07) is 0. The van der Waals surface area contributed by atoms with Gasteiger partial charge in [0.25, 0.3) is 0 Å². The van der Waals surface area contributed by atoms with Crippen LogP contribution in [0.2, 0.25) is 0 Å². The molecular formula is C15H23N. The molecule has 1 atom stereocenters. The van der Waals surface area contributed by atoms with Gasteiger partial charge in [-0.05, 0) is 38.7 Å². The first kappa shape index (κ1) is 12.8. The molecule has 0 aliphatic heterocycles. The van der Waals surface area contributed by atoms with Gasteiger partial charge in [-0.2, -0.15) is 0 Å². The first-order chi connectivity index (χ1) is 7.54. The van der Waals surface area contributed by atoms with E-state index in [0.717, 1.165) is 30.8 Å². The molecule has 1 rings (SSSR count). The Kier molecular flexibility index (Phi) is 4.60. The Morgan fingerprint density at radius 1 is 1.44 bits per heavy atom. The molecule has 88 valence electrons. The van der Waals surface area contributed by atoms with Crippen LogP contribution in [0.25, 0.3) is 0 Å². The van der Waals surface area contributed by atoms with Crippen LogP contribution in [0.3, 0.4) is 0 Å². The molecule has 0 radical (unpaired) electrons. The summed E-state index contributed by atoms with van der Waals surface area (Å²) in [4.78, 5) is 2.33. The third kappa shape index (κ3) is 3.41. The zero-order chi connectivity index (χ0) is 12.1. The van der Waals surface area contributed by atoms with E-state index in [1.54, 1.807) is 0 Å². The zero-order valence-electron chi connectivity index (χ0n) is 10.8. The van der Waals surface area contributed by atoms with E-state index >= 15 is 0 Å². The van der Waals surface area contributed by atoms with E-state index in [1.807, 2.05) is 0 Å². The number of rotatable bonds is 5. The van der Waals surface area contributed by atoms with Crippen LogP contribution in [0.1, 0.15) is 27.2 Å². The maximum absolute atomic E-state index is 4.01. The second kappa shape index (κ2) is 5.74. The number of hydrogen-bond acceptors (Lipinski definition) is 1. The molecule has 0 bridgehead atoms. The Bertz CT molecular complexity index is 333. The highest BCUT2D eigenvalue weighted by Crippen LogP contribution is 2.22. The van der Waals surface area contributed by atoms with Crippen LogP contribution in [-0.4, -0.2) is 18.0 Å². The van der Waals surface area contributed by atoms with Gasteiger partial charge >= 0.3 is 0 Å². The lowest BCUT2D eigenvalue weighted by atomic mass is 9.93. The molecule has 1 heteroatoms. The maximum atomic E-state index is 4.01. The normalized spacial score (nSPS) is 19.2. The highest BCUT2D eigenvalue weighted by atomic mass is 15.1. The van der Waals surface area contributed by atoms with Gasteiger partial charge in [0.2, 0.25) is 0 Å². The van der Waals surface area contributed by atoms with E-state index in [4.69, 9.17) is 0 Å². The molecule has 1 unspecified atom stereocenters. The molecular weight excluding hydrogens is 194 g/mol. The Hall–Kier alpha value is -1.24. The summed E-state index contributed by atoms with van der Waals surface area (Å²) >= 11 is 0. The standard InChI is InChI=1S/C15H23N/c1-6-16(13(4)5)11-14-7-9-15(10-8-14)12(2)3/h7,9-10,14H,2,4,6,8,11H2,1,3,5H3. The molecule has 0 aromatic rings. The Balaban J connectivity index is 2.53. The minimum absolute atomic E-state index is 0.611. The van der Waals surface area contributed by atoms with Crippen molar-refractivity contribution < 1.29 is 0 Å². The minimum Gasteiger partial charge on any atom is -0.375 e. The van der Waals surface area contributed by atoms with Crippen molar-refractivity contribution in [1.82, 2.24) is 4.90 Å². The van der Waals surface area contributed by atoms with Crippen LogP contribution in [-0.2, 0) is 0 Å². The summed E-state index contributed by atoms with van der Waals surface area (Å²) in [5.74, 6) is 0.611.